The molecule has 0 aliphatic heterocycles. The summed E-state index contributed by atoms with van der Waals surface area (Å²) in [5.41, 5.74) is 4.86. The molecule has 0 spiro atoms. The number of pyridine rings is 1. The Balaban J connectivity index is 1.45. The van der Waals surface area contributed by atoms with Crippen LogP contribution in [0.3, 0.4) is 0 Å². The molecule has 7 rings (SSSR count). The summed E-state index contributed by atoms with van der Waals surface area (Å²) in [5, 5.41) is 1.20. The molecule has 0 atom stereocenters. The van der Waals surface area contributed by atoms with Gasteiger partial charge in [-0.25, -0.2) is 9.97 Å². The molecule has 4 aromatic carbocycles. The van der Waals surface area contributed by atoms with Gasteiger partial charge in [0, 0.05) is 16.5 Å². The lowest BCUT2D eigenvalue weighted by molar-refractivity contribution is -0.141. The van der Waals surface area contributed by atoms with Crippen molar-refractivity contribution in [1.82, 2.24) is 14.5 Å². The van der Waals surface area contributed by atoms with E-state index in [9.17, 15) is 13.2 Å². The molecule has 0 amide bonds. The van der Waals surface area contributed by atoms with Crippen molar-refractivity contribution < 1.29 is 17.6 Å². The zero-order chi connectivity index (χ0) is 25.9. The maximum absolute atomic E-state index is 13.3. The molecule has 3 heterocycles. The van der Waals surface area contributed by atoms with E-state index in [2.05, 4.69) is 29.2 Å². The van der Waals surface area contributed by atoms with E-state index in [0.29, 0.717) is 27.7 Å². The van der Waals surface area contributed by atoms with Crippen LogP contribution in [0.15, 0.2) is 114 Å². The maximum Gasteiger partial charge on any atom is 0.433 e. The van der Waals surface area contributed by atoms with Gasteiger partial charge in [-0.3, -0.25) is 4.57 Å². The van der Waals surface area contributed by atoms with E-state index >= 15 is 0 Å². The molecule has 0 radical (unpaired) electrons. The number of para-hydroxylation sites is 3. The second-order valence-corrected chi connectivity index (χ2v) is 9.00. The van der Waals surface area contributed by atoms with Gasteiger partial charge in [0.1, 0.15) is 17.1 Å². The third-order valence-corrected chi connectivity index (χ3v) is 6.69. The minimum Gasteiger partial charge on any atom is -0.437 e. The van der Waals surface area contributed by atoms with Crippen LogP contribution in [-0.2, 0) is 6.18 Å². The highest BCUT2D eigenvalue weighted by Crippen LogP contribution is 2.38. The third kappa shape index (κ3) is 3.55. The van der Waals surface area contributed by atoms with Gasteiger partial charge in [0.2, 0.25) is 5.71 Å². The summed E-state index contributed by atoms with van der Waals surface area (Å²) < 4.78 is 47.9. The molecule has 4 nitrogen and oxygen atoms in total. The van der Waals surface area contributed by atoms with Crippen LogP contribution in [0.1, 0.15) is 5.69 Å². The quantitative estimate of drug-likeness (QED) is 0.241. The number of fused-ring (bicyclic) bond motifs is 4. The molecule has 184 valence electrons. The Hall–Kier alpha value is -4.91. The van der Waals surface area contributed by atoms with Crippen LogP contribution in [0.25, 0.3) is 61.3 Å². The molecule has 0 bridgehead atoms. The first-order valence-electron chi connectivity index (χ1n) is 12.0. The van der Waals surface area contributed by atoms with E-state index in [1.807, 2.05) is 77.4 Å². The van der Waals surface area contributed by atoms with Gasteiger partial charge < -0.3 is 4.42 Å². The number of benzene rings is 4. The number of rotatable bonds is 3. The molecule has 7 aromatic rings. The second-order valence-electron chi connectivity index (χ2n) is 9.00. The van der Waals surface area contributed by atoms with Gasteiger partial charge >= 0.3 is 6.18 Å². The van der Waals surface area contributed by atoms with Crippen LogP contribution in [0.2, 0.25) is 0 Å². The predicted octanol–water partition coefficient (Wildman–Crippen LogP) is 8.67. The van der Waals surface area contributed by atoms with Crippen LogP contribution < -0.4 is 0 Å². The van der Waals surface area contributed by atoms with Crippen LogP contribution in [-0.4, -0.2) is 14.5 Å². The largest absolute Gasteiger partial charge is 0.437 e. The number of hydrogen-bond acceptors (Lipinski definition) is 3. The van der Waals surface area contributed by atoms with Gasteiger partial charge in [0.15, 0.2) is 0 Å². The van der Waals surface area contributed by atoms with E-state index in [4.69, 9.17) is 9.40 Å². The summed E-state index contributed by atoms with van der Waals surface area (Å²) in [6.45, 7) is 0. The fraction of sp³-hybridized carbons (Fsp3) is 0.0323. The summed E-state index contributed by atoms with van der Waals surface area (Å²) in [5.74, 6) is 0.624. The minimum absolute atomic E-state index is 0.0582. The normalized spacial score (nSPS) is 12.1. The van der Waals surface area contributed by atoms with Crippen molar-refractivity contribution in [2.24, 2.45) is 0 Å². The van der Waals surface area contributed by atoms with Gasteiger partial charge in [-0.2, -0.15) is 13.2 Å². The average Bonchev–Trinajstić information content (AvgIpc) is 3.51. The van der Waals surface area contributed by atoms with E-state index < -0.39 is 11.9 Å². The van der Waals surface area contributed by atoms with Gasteiger partial charge in [0.05, 0.1) is 16.6 Å². The molecule has 38 heavy (non-hydrogen) atoms. The van der Waals surface area contributed by atoms with E-state index in [1.165, 1.54) is 6.07 Å². The molecule has 0 aliphatic carbocycles. The Kier molecular flexibility index (Phi) is 4.88. The fourth-order valence-electron chi connectivity index (χ4n) is 4.91. The molecular formula is C31H18F3N3O. The Bertz CT molecular complexity index is 1950. The third-order valence-electron chi connectivity index (χ3n) is 6.69. The fourth-order valence-corrected chi connectivity index (χ4v) is 4.91. The molecule has 0 saturated heterocycles. The first-order valence-corrected chi connectivity index (χ1v) is 12.0. The van der Waals surface area contributed by atoms with Crippen molar-refractivity contribution in [3.8, 4) is 28.2 Å². The van der Waals surface area contributed by atoms with Crippen LogP contribution in [0.4, 0.5) is 13.2 Å². The first-order chi connectivity index (χ1) is 18.5. The summed E-state index contributed by atoms with van der Waals surface area (Å²) in [4.78, 5) is 8.68. The second kappa shape index (κ2) is 8.31. The Morgan fingerprint density at radius 2 is 1.37 bits per heavy atom. The predicted molar refractivity (Wildman–Crippen MR) is 142 cm³/mol. The number of alkyl halides is 3. The highest BCUT2D eigenvalue weighted by Gasteiger charge is 2.33. The van der Waals surface area contributed by atoms with Crippen molar-refractivity contribution in [3.63, 3.8) is 0 Å². The highest BCUT2D eigenvalue weighted by molar-refractivity contribution is 6.08. The zero-order valence-corrected chi connectivity index (χ0v) is 19.8. The SMILES string of the molecule is FC(F)(F)c1ccc2c(n1)oc1c(-c3nc4ccccc4n3-c3ccc(-c4ccccc4)cc3)cccc12. The van der Waals surface area contributed by atoms with E-state index in [0.717, 1.165) is 33.9 Å². The Morgan fingerprint density at radius 3 is 2.16 bits per heavy atom. The average molecular weight is 505 g/mol. The smallest absolute Gasteiger partial charge is 0.433 e. The van der Waals surface area contributed by atoms with Gasteiger partial charge in [-0.15, -0.1) is 0 Å². The number of imidazole rings is 1. The molecule has 7 heteroatoms. The lowest BCUT2D eigenvalue weighted by atomic mass is 10.1. The van der Waals surface area contributed by atoms with Gasteiger partial charge in [0.25, 0.3) is 0 Å². The molecule has 0 fully saturated rings. The lowest BCUT2D eigenvalue weighted by Crippen LogP contribution is -2.07. The molecular weight excluding hydrogens is 487 g/mol. The molecule has 0 aliphatic rings. The topological polar surface area (TPSA) is 43.9 Å². The van der Waals surface area contributed by atoms with Crippen molar-refractivity contribution in [2.45, 2.75) is 6.18 Å². The van der Waals surface area contributed by atoms with Crippen LogP contribution in [0, 0.1) is 0 Å². The Morgan fingerprint density at radius 1 is 0.632 bits per heavy atom. The number of hydrogen-bond donors (Lipinski definition) is 0. The Labute approximate surface area is 214 Å². The van der Waals surface area contributed by atoms with E-state index in [1.54, 1.807) is 0 Å². The summed E-state index contributed by atoms with van der Waals surface area (Å²) in [6, 6.07) is 34.1. The molecule has 0 unspecified atom stereocenters. The number of nitrogens with zero attached hydrogens (tertiary/aromatic N) is 3. The summed E-state index contributed by atoms with van der Waals surface area (Å²) >= 11 is 0. The maximum atomic E-state index is 13.3. The van der Waals surface area contributed by atoms with E-state index in [-0.39, 0.29) is 5.71 Å². The molecule has 3 aromatic heterocycles. The minimum atomic E-state index is -4.56. The monoisotopic (exact) mass is 505 g/mol. The lowest BCUT2D eigenvalue weighted by Gasteiger charge is -2.11. The van der Waals surface area contributed by atoms with Crippen LogP contribution >= 0.6 is 0 Å². The van der Waals surface area contributed by atoms with Crippen molar-refractivity contribution in [1.29, 1.82) is 0 Å². The summed E-state index contributed by atoms with van der Waals surface area (Å²) in [7, 11) is 0. The zero-order valence-electron chi connectivity index (χ0n) is 19.8. The van der Waals surface area contributed by atoms with Crippen molar-refractivity contribution in [3.05, 3.63) is 115 Å². The number of furan rings is 1. The number of aromatic nitrogens is 3. The highest BCUT2D eigenvalue weighted by atomic mass is 19.4. The van der Waals surface area contributed by atoms with Crippen LogP contribution in [0.5, 0.6) is 0 Å². The first kappa shape index (κ1) is 22.3. The standard InChI is InChI=1S/C31H18F3N3O/c32-31(33,34)27-18-17-23-22-9-6-10-24(28(22)38-30(23)36-27)29-35-25-11-4-5-12-26(25)37(29)21-15-13-20(14-16-21)19-7-2-1-3-8-19/h1-18H. The van der Waals surface area contributed by atoms with Crippen molar-refractivity contribution in [2.75, 3.05) is 0 Å². The molecule has 0 N–H and O–H groups in total. The summed E-state index contributed by atoms with van der Waals surface area (Å²) in [6.07, 6.45) is -4.56. The number of halogens is 3. The van der Waals surface area contributed by atoms with Gasteiger partial charge in [-0.1, -0.05) is 66.7 Å². The molecule has 0 saturated carbocycles. The van der Waals surface area contributed by atoms with Crippen molar-refractivity contribution >= 4 is 33.1 Å². The van der Waals surface area contributed by atoms with Gasteiger partial charge in [-0.05, 0) is 53.6 Å².